The molecular weight excluding hydrogens is 436 g/mol. The number of phenolic OH excluding ortho intramolecular Hbond substituents is 1. The van der Waals surface area contributed by atoms with E-state index in [4.69, 9.17) is 9.47 Å². The Labute approximate surface area is 198 Å². The number of carbonyl (C=O) groups excluding carboxylic acids is 2. The number of ketones is 1. The second kappa shape index (κ2) is 6.74. The molecule has 8 nitrogen and oxygen atoms in total. The van der Waals surface area contributed by atoms with E-state index in [0.29, 0.717) is 50.8 Å². The highest BCUT2D eigenvalue weighted by atomic mass is 16.5. The molecule has 3 aliphatic carbocycles. The van der Waals surface area contributed by atoms with Crippen molar-refractivity contribution in [3.05, 3.63) is 23.3 Å². The monoisotopic (exact) mass is 468 g/mol. The predicted octanol–water partition coefficient (Wildman–Crippen LogP) is 1.00. The SMILES string of the molecule is C[C@@]12Oc3c(O)ccc4c3[C@@]13CCN(CC1CC1)[C@H](C4)[C@]3(O)CC(C(=O)N1CCOCC1)C2=O. The van der Waals surface area contributed by atoms with E-state index in [1.807, 2.05) is 6.07 Å². The van der Waals surface area contributed by atoms with Crippen LogP contribution in [0.2, 0.25) is 0 Å². The van der Waals surface area contributed by atoms with Crippen molar-refractivity contribution in [3.8, 4) is 11.5 Å². The number of carbonyl (C=O) groups is 2. The van der Waals surface area contributed by atoms with Crippen molar-refractivity contribution >= 4 is 11.7 Å². The van der Waals surface area contributed by atoms with Crippen LogP contribution in [0.5, 0.6) is 11.5 Å². The first-order valence-electron chi connectivity index (χ1n) is 12.7. The fourth-order valence-corrected chi connectivity index (χ4v) is 8.01. The molecule has 4 fully saturated rings. The van der Waals surface area contributed by atoms with Crippen molar-refractivity contribution in [2.45, 2.75) is 61.7 Å². The molecule has 7 rings (SSSR count). The summed E-state index contributed by atoms with van der Waals surface area (Å²) in [5, 5.41) is 23.5. The minimum Gasteiger partial charge on any atom is -0.504 e. The first-order chi connectivity index (χ1) is 16.3. The van der Waals surface area contributed by atoms with E-state index in [1.54, 1.807) is 17.9 Å². The molecule has 34 heavy (non-hydrogen) atoms. The Hall–Kier alpha value is -2.16. The third-order valence-electron chi connectivity index (χ3n) is 9.80. The molecule has 2 N–H and O–H groups in total. The molecule has 6 aliphatic rings. The molecule has 2 bridgehead atoms. The van der Waals surface area contributed by atoms with Crippen molar-refractivity contribution in [2.75, 3.05) is 39.4 Å². The van der Waals surface area contributed by atoms with Crippen LogP contribution in [0.4, 0.5) is 0 Å². The molecule has 0 aromatic heterocycles. The number of phenols is 1. The Kier molecular flexibility index (Phi) is 4.19. The van der Waals surface area contributed by atoms with Gasteiger partial charge in [0.05, 0.1) is 24.2 Å². The summed E-state index contributed by atoms with van der Waals surface area (Å²) in [6, 6.07) is 3.37. The summed E-state index contributed by atoms with van der Waals surface area (Å²) in [7, 11) is 0. The van der Waals surface area contributed by atoms with Crippen LogP contribution in [0, 0.1) is 11.8 Å². The van der Waals surface area contributed by atoms with Crippen molar-refractivity contribution in [2.24, 2.45) is 11.8 Å². The van der Waals surface area contributed by atoms with Gasteiger partial charge >= 0.3 is 0 Å². The van der Waals surface area contributed by atoms with E-state index in [-0.39, 0.29) is 29.9 Å². The molecule has 8 heteroatoms. The number of Topliss-reactive ketones (excluding diaryl/α,β-unsaturated/α-hetero) is 1. The van der Waals surface area contributed by atoms with Gasteiger partial charge < -0.3 is 24.6 Å². The van der Waals surface area contributed by atoms with Gasteiger partial charge in [-0.15, -0.1) is 0 Å². The number of hydrogen-bond donors (Lipinski definition) is 2. The van der Waals surface area contributed by atoms with Gasteiger partial charge in [0.25, 0.3) is 0 Å². The Morgan fingerprint density at radius 3 is 2.71 bits per heavy atom. The van der Waals surface area contributed by atoms with Crippen LogP contribution in [0.15, 0.2) is 12.1 Å². The largest absolute Gasteiger partial charge is 0.504 e. The number of nitrogens with zero attached hydrogens (tertiary/aromatic N) is 2. The van der Waals surface area contributed by atoms with Gasteiger partial charge in [0.2, 0.25) is 5.91 Å². The molecule has 1 spiro atoms. The highest BCUT2D eigenvalue weighted by Crippen LogP contribution is 2.69. The van der Waals surface area contributed by atoms with Crippen molar-refractivity contribution in [3.63, 3.8) is 0 Å². The first-order valence-corrected chi connectivity index (χ1v) is 12.7. The molecule has 5 atom stereocenters. The molecule has 3 heterocycles. The standard InChI is InChI=1S/C26H32N2O6/c1-24-22(30)17(23(31)27-8-10-33-11-9-27)13-26(32)19-12-16-4-5-18(29)21(34-24)20(16)25(24,26)6-7-28(19)14-15-2-3-15/h4-5,15,17,19,29,32H,2-3,6-14H2,1H3/t17?,19-,24+,25+,26-/m1/s1. The number of morpholine rings is 1. The minimum atomic E-state index is -1.41. The van der Waals surface area contributed by atoms with E-state index < -0.39 is 22.5 Å². The number of likely N-dealkylation sites (tertiary alicyclic amines) is 1. The zero-order valence-corrected chi connectivity index (χ0v) is 19.6. The summed E-state index contributed by atoms with van der Waals surface area (Å²) in [6.07, 6.45) is 3.73. The van der Waals surface area contributed by atoms with Gasteiger partial charge in [-0.3, -0.25) is 14.5 Å². The number of amides is 1. The fraction of sp³-hybridized carbons (Fsp3) is 0.692. The molecule has 2 saturated carbocycles. The number of hydrogen-bond acceptors (Lipinski definition) is 7. The van der Waals surface area contributed by atoms with Gasteiger partial charge in [0, 0.05) is 31.2 Å². The number of benzene rings is 1. The lowest BCUT2D eigenvalue weighted by atomic mass is 9.43. The molecule has 1 aromatic rings. The van der Waals surface area contributed by atoms with E-state index in [1.165, 1.54) is 12.8 Å². The zero-order chi connectivity index (χ0) is 23.5. The summed E-state index contributed by atoms with van der Waals surface area (Å²) in [5.41, 5.74) is -1.84. The lowest BCUT2D eigenvalue weighted by Gasteiger charge is -2.66. The average molecular weight is 469 g/mol. The summed E-state index contributed by atoms with van der Waals surface area (Å²) in [4.78, 5) is 31.9. The summed E-state index contributed by atoms with van der Waals surface area (Å²) < 4.78 is 11.8. The zero-order valence-electron chi connectivity index (χ0n) is 19.6. The van der Waals surface area contributed by atoms with Crippen molar-refractivity contribution < 1.29 is 29.3 Å². The van der Waals surface area contributed by atoms with Crippen LogP contribution in [0.25, 0.3) is 0 Å². The highest BCUT2D eigenvalue weighted by Gasteiger charge is 2.80. The minimum absolute atomic E-state index is 0.00573. The van der Waals surface area contributed by atoms with Crippen molar-refractivity contribution in [1.82, 2.24) is 9.80 Å². The van der Waals surface area contributed by atoms with Crippen LogP contribution in [-0.4, -0.2) is 88.3 Å². The van der Waals surface area contributed by atoms with Crippen LogP contribution in [-0.2, 0) is 26.2 Å². The second-order valence-electron chi connectivity index (χ2n) is 11.4. The van der Waals surface area contributed by atoms with Gasteiger partial charge in [-0.05, 0) is 63.1 Å². The Morgan fingerprint density at radius 1 is 1.21 bits per heavy atom. The quantitative estimate of drug-likeness (QED) is 0.639. The third kappa shape index (κ3) is 2.39. The number of aromatic hydroxyl groups is 1. The maximum absolute atomic E-state index is 14.2. The Morgan fingerprint density at radius 2 is 1.97 bits per heavy atom. The lowest BCUT2D eigenvalue weighted by molar-refractivity contribution is -0.219. The fourth-order valence-electron chi connectivity index (χ4n) is 8.01. The highest BCUT2D eigenvalue weighted by molar-refractivity contribution is 6.08. The molecule has 182 valence electrons. The number of rotatable bonds is 3. The maximum atomic E-state index is 14.2. The van der Waals surface area contributed by atoms with Crippen LogP contribution in [0.1, 0.15) is 43.7 Å². The lowest BCUT2D eigenvalue weighted by Crippen LogP contribution is -2.82. The van der Waals surface area contributed by atoms with Gasteiger partial charge in [0.1, 0.15) is 5.92 Å². The Balaban J connectivity index is 1.39. The normalized spacial score (nSPS) is 40.6. The molecule has 1 aromatic carbocycles. The summed E-state index contributed by atoms with van der Waals surface area (Å²) >= 11 is 0. The smallest absolute Gasteiger partial charge is 0.233 e. The van der Waals surface area contributed by atoms with E-state index in [2.05, 4.69) is 4.90 Å². The van der Waals surface area contributed by atoms with Gasteiger partial charge in [-0.25, -0.2) is 0 Å². The topological polar surface area (TPSA) is 99.5 Å². The van der Waals surface area contributed by atoms with Gasteiger partial charge in [-0.1, -0.05) is 6.07 Å². The molecule has 1 unspecified atom stereocenters. The predicted molar refractivity (Wildman–Crippen MR) is 121 cm³/mol. The van der Waals surface area contributed by atoms with E-state index >= 15 is 0 Å². The first kappa shape index (κ1) is 21.1. The molecule has 0 radical (unpaired) electrons. The number of ether oxygens (including phenoxy) is 2. The summed E-state index contributed by atoms with van der Waals surface area (Å²) in [6.45, 7) is 5.27. The maximum Gasteiger partial charge on any atom is 0.233 e. The number of piperidine rings is 1. The van der Waals surface area contributed by atoms with Crippen LogP contribution in [0.3, 0.4) is 0 Å². The number of aliphatic hydroxyl groups is 1. The van der Waals surface area contributed by atoms with E-state index in [0.717, 1.165) is 24.2 Å². The van der Waals surface area contributed by atoms with E-state index in [9.17, 15) is 19.8 Å². The van der Waals surface area contributed by atoms with Crippen LogP contribution < -0.4 is 4.74 Å². The molecule has 3 aliphatic heterocycles. The third-order valence-corrected chi connectivity index (χ3v) is 9.80. The molecule has 2 saturated heterocycles. The average Bonchev–Trinajstić information content (AvgIpc) is 3.60. The molecular formula is C26H32N2O6. The Bertz CT molecular complexity index is 1100. The van der Waals surface area contributed by atoms with Gasteiger partial charge in [-0.2, -0.15) is 0 Å². The van der Waals surface area contributed by atoms with Crippen LogP contribution >= 0.6 is 0 Å². The molecule has 1 amide bonds. The summed E-state index contributed by atoms with van der Waals surface area (Å²) in [5.74, 6) is -0.501. The second-order valence-corrected chi connectivity index (χ2v) is 11.4. The van der Waals surface area contributed by atoms with Crippen molar-refractivity contribution in [1.29, 1.82) is 0 Å². The van der Waals surface area contributed by atoms with Gasteiger partial charge in [0.15, 0.2) is 22.9 Å².